The van der Waals surface area contributed by atoms with Gasteiger partial charge in [0.1, 0.15) is 12.4 Å². The summed E-state index contributed by atoms with van der Waals surface area (Å²) in [6, 6.07) is 7.10. The standard InChI is InChI=1S/C17H24O5/c1-21-13-14(9-10-18)3-2-4-17(20)15-5-7-16(8-6-15)22-12-11-19/h2,5-8,17-20H,4,9-13H2,1H3/t3?,17-/m1/s1. The first-order valence-electron chi connectivity index (χ1n) is 7.25. The summed E-state index contributed by atoms with van der Waals surface area (Å²) in [6.45, 7) is 0.698. The van der Waals surface area contributed by atoms with Crippen LogP contribution in [0.5, 0.6) is 5.75 Å². The highest BCUT2D eigenvalue weighted by atomic mass is 16.5. The summed E-state index contributed by atoms with van der Waals surface area (Å²) in [5, 5.41) is 27.7. The summed E-state index contributed by atoms with van der Waals surface area (Å²) in [5.41, 5.74) is 4.70. The average molecular weight is 308 g/mol. The summed E-state index contributed by atoms with van der Waals surface area (Å²) in [6.07, 6.45) is 2.06. The molecule has 0 amide bonds. The van der Waals surface area contributed by atoms with Gasteiger partial charge in [0.25, 0.3) is 0 Å². The zero-order valence-corrected chi connectivity index (χ0v) is 12.9. The Labute approximate surface area is 131 Å². The Morgan fingerprint density at radius 1 is 1.23 bits per heavy atom. The number of hydrogen-bond donors (Lipinski definition) is 3. The minimum absolute atomic E-state index is 0.0286. The maximum absolute atomic E-state index is 10.1. The molecule has 0 aromatic heterocycles. The topological polar surface area (TPSA) is 79.2 Å². The van der Waals surface area contributed by atoms with Crippen LogP contribution in [0.4, 0.5) is 0 Å². The van der Waals surface area contributed by atoms with E-state index in [-0.39, 0.29) is 19.8 Å². The van der Waals surface area contributed by atoms with E-state index in [0.717, 1.165) is 11.1 Å². The van der Waals surface area contributed by atoms with E-state index < -0.39 is 6.10 Å². The molecule has 122 valence electrons. The quantitative estimate of drug-likeness (QED) is 0.572. The van der Waals surface area contributed by atoms with Crippen molar-refractivity contribution in [2.45, 2.75) is 18.9 Å². The zero-order valence-electron chi connectivity index (χ0n) is 12.9. The Hall–Kier alpha value is -1.62. The van der Waals surface area contributed by atoms with Gasteiger partial charge in [0.2, 0.25) is 0 Å². The second kappa shape index (κ2) is 11.0. The average Bonchev–Trinajstić information content (AvgIpc) is 2.53. The van der Waals surface area contributed by atoms with Crippen LogP contribution < -0.4 is 4.74 Å². The molecule has 0 heterocycles. The summed E-state index contributed by atoms with van der Waals surface area (Å²) in [4.78, 5) is 0. The van der Waals surface area contributed by atoms with Crippen molar-refractivity contribution in [3.63, 3.8) is 0 Å². The Morgan fingerprint density at radius 2 is 1.95 bits per heavy atom. The van der Waals surface area contributed by atoms with Crippen LogP contribution in [-0.4, -0.2) is 48.9 Å². The number of aliphatic hydroxyl groups excluding tert-OH is 3. The summed E-state index contributed by atoms with van der Waals surface area (Å²) in [5.74, 6) is 0.658. The molecule has 22 heavy (non-hydrogen) atoms. The third kappa shape index (κ3) is 6.89. The normalized spacial score (nSPS) is 11.6. The van der Waals surface area contributed by atoms with Crippen LogP contribution in [-0.2, 0) is 4.74 Å². The first-order chi connectivity index (χ1) is 10.7. The third-order valence-corrected chi connectivity index (χ3v) is 3.00. The molecule has 1 aromatic carbocycles. The second-order valence-corrected chi connectivity index (χ2v) is 4.75. The van der Waals surface area contributed by atoms with E-state index in [4.69, 9.17) is 19.7 Å². The van der Waals surface area contributed by atoms with Crippen molar-refractivity contribution in [1.82, 2.24) is 0 Å². The van der Waals surface area contributed by atoms with Crippen molar-refractivity contribution in [3.05, 3.63) is 47.2 Å². The van der Waals surface area contributed by atoms with Gasteiger partial charge in [0.05, 0.1) is 19.3 Å². The molecule has 0 aliphatic heterocycles. The van der Waals surface area contributed by atoms with Gasteiger partial charge >= 0.3 is 0 Å². The molecule has 0 saturated heterocycles. The van der Waals surface area contributed by atoms with Gasteiger partial charge in [-0.15, -0.1) is 5.73 Å². The van der Waals surface area contributed by atoms with Crippen molar-refractivity contribution in [2.24, 2.45) is 0 Å². The number of benzene rings is 1. The lowest BCUT2D eigenvalue weighted by Gasteiger charge is -2.09. The minimum atomic E-state index is -0.627. The molecule has 0 aliphatic carbocycles. The fraction of sp³-hybridized carbons (Fsp3) is 0.471. The van der Waals surface area contributed by atoms with Crippen LogP contribution >= 0.6 is 0 Å². The van der Waals surface area contributed by atoms with Gasteiger partial charge in [0.15, 0.2) is 0 Å². The van der Waals surface area contributed by atoms with Crippen molar-refractivity contribution in [1.29, 1.82) is 0 Å². The van der Waals surface area contributed by atoms with Gasteiger partial charge in [-0.05, 0) is 29.3 Å². The molecule has 1 rings (SSSR count). The van der Waals surface area contributed by atoms with Crippen LogP contribution in [0, 0.1) is 0 Å². The molecular formula is C17H24O5. The fourth-order valence-electron chi connectivity index (χ4n) is 1.90. The molecule has 3 N–H and O–H groups in total. The first kappa shape index (κ1) is 18.4. The van der Waals surface area contributed by atoms with Crippen LogP contribution in [0.1, 0.15) is 24.5 Å². The first-order valence-corrected chi connectivity index (χ1v) is 7.25. The molecule has 0 bridgehead atoms. The number of aliphatic hydroxyl groups is 3. The summed E-state index contributed by atoms with van der Waals surface area (Å²) in [7, 11) is 1.59. The number of hydrogen-bond acceptors (Lipinski definition) is 5. The van der Waals surface area contributed by atoms with Gasteiger partial charge in [-0.3, -0.25) is 0 Å². The largest absolute Gasteiger partial charge is 0.491 e. The molecule has 0 fully saturated rings. The molecule has 0 aliphatic rings. The van der Waals surface area contributed by atoms with Crippen molar-refractivity contribution >= 4 is 0 Å². The summed E-state index contributed by atoms with van der Waals surface area (Å²) >= 11 is 0. The lowest BCUT2D eigenvalue weighted by Crippen LogP contribution is -2.02. The molecule has 1 atom stereocenters. The van der Waals surface area contributed by atoms with Gasteiger partial charge in [-0.1, -0.05) is 12.1 Å². The number of methoxy groups -OCH3 is 1. The smallest absolute Gasteiger partial charge is 0.119 e. The van der Waals surface area contributed by atoms with Crippen LogP contribution in [0.3, 0.4) is 0 Å². The predicted octanol–water partition coefficient (Wildman–Crippen LogP) is 1.59. The Morgan fingerprint density at radius 3 is 2.55 bits per heavy atom. The van der Waals surface area contributed by atoms with E-state index >= 15 is 0 Å². The number of rotatable bonds is 10. The molecule has 5 heteroatoms. The van der Waals surface area contributed by atoms with E-state index in [9.17, 15) is 5.11 Å². The van der Waals surface area contributed by atoms with Gasteiger partial charge in [-0.2, -0.15) is 0 Å². The van der Waals surface area contributed by atoms with Crippen LogP contribution in [0.15, 0.2) is 41.6 Å². The Balaban J connectivity index is 2.60. The molecular weight excluding hydrogens is 284 g/mol. The Kier molecular flexibility index (Phi) is 9.23. The van der Waals surface area contributed by atoms with E-state index in [1.165, 1.54) is 0 Å². The van der Waals surface area contributed by atoms with E-state index in [0.29, 0.717) is 25.2 Å². The second-order valence-electron chi connectivity index (χ2n) is 4.75. The molecule has 1 aromatic rings. The molecule has 5 nitrogen and oxygen atoms in total. The Bertz CT molecular complexity index is 466. The monoisotopic (exact) mass is 308 g/mol. The third-order valence-electron chi connectivity index (χ3n) is 3.00. The molecule has 0 saturated carbocycles. The zero-order chi connectivity index (χ0) is 16.2. The predicted molar refractivity (Wildman–Crippen MR) is 83.8 cm³/mol. The maximum Gasteiger partial charge on any atom is 0.119 e. The lowest BCUT2D eigenvalue weighted by atomic mass is 10.1. The minimum Gasteiger partial charge on any atom is -0.491 e. The van der Waals surface area contributed by atoms with Crippen LogP contribution in [0.2, 0.25) is 0 Å². The highest BCUT2D eigenvalue weighted by Crippen LogP contribution is 2.20. The van der Waals surface area contributed by atoms with Crippen molar-refractivity contribution in [2.75, 3.05) is 33.5 Å². The fourth-order valence-corrected chi connectivity index (χ4v) is 1.90. The molecule has 0 spiro atoms. The van der Waals surface area contributed by atoms with Crippen LogP contribution in [0.25, 0.3) is 0 Å². The SMILES string of the molecule is COCC(=C=CC[C@@H](O)c1ccc(OCCO)cc1)CCO. The van der Waals surface area contributed by atoms with Crippen molar-refractivity contribution < 1.29 is 24.8 Å². The highest BCUT2D eigenvalue weighted by Gasteiger charge is 2.05. The number of ether oxygens (including phenoxy) is 2. The molecule has 0 radical (unpaired) electrons. The lowest BCUT2D eigenvalue weighted by molar-refractivity contribution is 0.181. The molecule has 0 unspecified atom stereocenters. The highest BCUT2D eigenvalue weighted by molar-refractivity contribution is 5.28. The summed E-state index contributed by atoms with van der Waals surface area (Å²) < 4.78 is 10.3. The van der Waals surface area contributed by atoms with E-state index in [2.05, 4.69) is 5.73 Å². The maximum atomic E-state index is 10.1. The van der Waals surface area contributed by atoms with E-state index in [1.807, 2.05) is 0 Å². The van der Waals surface area contributed by atoms with Gasteiger partial charge < -0.3 is 24.8 Å². The van der Waals surface area contributed by atoms with Gasteiger partial charge in [-0.25, -0.2) is 0 Å². The van der Waals surface area contributed by atoms with E-state index in [1.54, 1.807) is 37.5 Å². The van der Waals surface area contributed by atoms with Crippen molar-refractivity contribution in [3.8, 4) is 5.75 Å². The van der Waals surface area contributed by atoms with Gasteiger partial charge in [0, 0.05) is 26.6 Å².